The van der Waals surface area contributed by atoms with E-state index in [2.05, 4.69) is 19.1 Å². The molecule has 0 aromatic heterocycles. The molecule has 0 aliphatic heterocycles. The van der Waals surface area contributed by atoms with E-state index in [-0.39, 0.29) is 12.4 Å². The van der Waals surface area contributed by atoms with Crippen molar-refractivity contribution in [3.63, 3.8) is 0 Å². The number of hydrogen-bond acceptors (Lipinski definition) is 3. The molecule has 152 valence electrons. The van der Waals surface area contributed by atoms with Gasteiger partial charge in [-0.05, 0) is 25.7 Å². The van der Waals surface area contributed by atoms with Crippen molar-refractivity contribution in [3.05, 3.63) is 12.2 Å². The number of carboxylic acid groups (broad SMARTS) is 1. The SMILES string of the molecule is CCCCCCCC/C=C/CCCC(=O)OC(CC(=O)O)C[N+](C)(C)C. The number of allylic oxidation sites excluding steroid dienone is 2. The molecule has 0 heterocycles. The predicted molar refractivity (Wildman–Crippen MR) is 106 cm³/mol. The van der Waals surface area contributed by atoms with Crippen molar-refractivity contribution >= 4 is 11.9 Å². The van der Waals surface area contributed by atoms with Crippen LogP contribution < -0.4 is 0 Å². The third-order valence-corrected chi connectivity index (χ3v) is 4.09. The Hall–Kier alpha value is -1.36. The third-order valence-electron chi connectivity index (χ3n) is 4.09. The van der Waals surface area contributed by atoms with E-state index in [1.54, 1.807) is 0 Å². The van der Waals surface area contributed by atoms with Gasteiger partial charge in [0.05, 0.1) is 27.6 Å². The number of carbonyl (C=O) groups excluding carboxylic acids is 1. The standard InChI is InChI=1S/C21H39NO4/c1-5-6-7-8-9-10-11-12-13-14-15-16-21(25)26-19(17-20(23)24)18-22(2,3)4/h12-13,19H,5-11,14-18H2,1-4H3/p+1/b13-12+. The van der Waals surface area contributed by atoms with E-state index in [0.29, 0.717) is 17.4 Å². The Balaban J connectivity index is 3.85. The lowest BCUT2D eigenvalue weighted by Gasteiger charge is -2.28. The van der Waals surface area contributed by atoms with Gasteiger partial charge in [0.15, 0.2) is 6.10 Å². The fourth-order valence-electron chi connectivity index (χ4n) is 2.84. The summed E-state index contributed by atoms with van der Waals surface area (Å²) in [5.74, 6) is -1.23. The molecule has 0 amide bonds. The zero-order valence-corrected chi connectivity index (χ0v) is 17.3. The Morgan fingerprint density at radius 2 is 1.54 bits per heavy atom. The van der Waals surface area contributed by atoms with Crippen LogP contribution in [0.25, 0.3) is 0 Å². The van der Waals surface area contributed by atoms with E-state index in [4.69, 9.17) is 9.84 Å². The van der Waals surface area contributed by atoms with Gasteiger partial charge in [0.1, 0.15) is 6.54 Å². The first-order valence-electron chi connectivity index (χ1n) is 10.1. The Labute approximate surface area is 160 Å². The smallest absolute Gasteiger partial charge is 0.307 e. The van der Waals surface area contributed by atoms with Crippen molar-refractivity contribution in [1.29, 1.82) is 0 Å². The first-order valence-corrected chi connectivity index (χ1v) is 10.1. The van der Waals surface area contributed by atoms with Crippen LogP contribution in [0.2, 0.25) is 0 Å². The summed E-state index contributed by atoms with van der Waals surface area (Å²) in [5, 5.41) is 8.96. The van der Waals surface area contributed by atoms with Gasteiger partial charge < -0.3 is 14.3 Å². The minimum atomic E-state index is -0.936. The highest BCUT2D eigenvalue weighted by atomic mass is 16.5. The topological polar surface area (TPSA) is 63.6 Å². The van der Waals surface area contributed by atoms with Crippen molar-refractivity contribution in [2.24, 2.45) is 0 Å². The number of ether oxygens (including phenoxy) is 1. The fourth-order valence-corrected chi connectivity index (χ4v) is 2.84. The van der Waals surface area contributed by atoms with Crippen LogP contribution in [-0.4, -0.2) is 55.3 Å². The van der Waals surface area contributed by atoms with E-state index in [9.17, 15) is 9.59 Å². The molecule has 0 radical (unpaired) electrons. The molecular weight excluding hydrogens is 330 g/mol. The van der Waals surface area contributed by atoms with Crippen LogP contribution in [0.4, 0.5) is 0 Å². The largest absolute Gasteiger partial charge is 0.481 e. The molecule has 0 aromatic rings. The molecule has 26 heavy (non-hydrogen) atoms. The maximum absolute atomic E-state index is 11.9. The molecule has 1 unspecified atom stereocenters. The maximum atomic E-state index is 11.9. The summed E-state index contributed by atoms with van der Waals surface area (Å²) in [6, 6.07) is 0. The lowest BCUT2D eigenvalue weighted by atomic mass is 10.1. The molecule has 0 aliphatic carbocycles. The van der Waals surface area contributed by atoms with Gasteiger partial charge in [-0.15, -0.1) is 0 Å². The molecular formula is C21H40NO4+. The number of nitrogens with zero attached hydrogens (tertiary/aromatic N) is 1. The van der Waals surface area contributed by atoms with E-state index in [1.807, 2.05) is 21.1 Å². The second-order valence-corrected chi connectivity index (χ2v) is 8.10. The first kappa shape index (κ1) is 24.6. The van der Waals surface area contributed by atoms with E-state index in [0.717, 1.165) is 19.3 Å². The lowest BCUT2D eigenvalue weighted by Crippen LogP contribution is -2.43. The van der Waals surface area contributed by atoms with Crippen molar-refractivity contribution in [2.75, 3.05) is 27.7 Å². The van der Waals surface area contributed by atoms with Crippen LogP contribution in [0.15, 0.2) is 12.2 Å². The fraction of sp³-hybridized carbons (Fsp3) is 0.810. The van der Waals surface area contributed by atoms with Crippen LogP contribution in [0.1, 0.15) is 77.6 Å². The second-order valence-electron chi connectivity index (χ2n) is 8.10. The highest BCUT2D eigenvalue weighted by molar-refractivity contribution is 5.71. The summed E-state index contributed by atoms with van der Waals surface area (Å²) < 4.78 is 5.93. The van der Waals surface area contributed by atoms with Crippen molar-refractivity contribution in [2.45, 2.75) is 83.7 Å². The predicted octanol–water partition coefficient (Wildman–Crippen LogP) is 4.56. The number of rotatable bonds is 16. The average Bonchev–Trinajstić information content (AvgIpc) is 2.50. The highest BCUT2D eigenvalue weighted by Crippen LogP contribution is 2.10. The third kappa shape index (κ3) is 17.5. The highest BCUT2D eigenvalue weighted by Gasteiger charge is 2.24. The number of aliphatic carboxylic acids is 1. The maximum Gasteiger partial charge on any atom is 0.307 e. The Kier molecular flexibility index (Phi) is 14.0. The van der Waals surface area contributed by atoms with Crippen LogP contribution in [0, 0.1) is 0 Å². The van der Waals surface area contributed by atoms with Crippen molar-refractivity contribution in [3.8, 4) is 0 Å². The summed E-state index contributed by atoms with van der Waals surface area (Å²) >= 11 is 0. The number of carboxylic acids is 1. The monoisotopic (exact) mass is 370 g/mol. The molecule has 1 atom stereocenters. The number of quaternary nitrogens is 1. The van der Waals surface area contributed by atoms with Gasteiger partial charge in [-0.3, -0.25) is 9.59 Å². The van der Waals surface area contributed by atoms with Gasteiger partial charge in [-0.2, -0.15) is 0 Å². The van der Waals surface area contributed by atoms with Crippen LogP contribution in [0.3, 0.4) is 0 Å². The summed E-state index contributed by atoms with van der Waals surface area (Å²) in [6.07, 6.45) is 14.5. The number of carbonyl (C=O) groups is 2. The quantitative estimate of drug-likeness (QED) is 0.187. The van der Waals surface area contributed by atoms with Crippen LogP contribution in [-0.2, 0) is 14.3 Å². The molecule has 0 saturated heterocycles. The minimum Gasteiger partial charge on any atom is -0.481 e. The molecule has 0 fully saturated rings. The molecule has 5 nitrogen and oxygen atoms in total. The summed E-state index contributed by atoms with van der Waals surface area (Å²) in [6.45, 7) is 2.73. The molecule has 0 spiro atoms. The number of esters is 1. The lowest BCUT2D eigenvalue weighted by molar-refractivity contribution is -0.873. The normalized spacial score (nSPS) is 13.1. The van der Waals surface area contributed by atoms with Gasteiger partial charge in [-0.25, -0.2) is 0 Å². The first-order chi connectivity index (χ1) is 12.2. The van der Waals surface area contributed by atoms with E-state index in [1.165, 1.54) is 38.5 Å². The minimum absolute atomic E-state index is 0.139. The van der Waals surface area contributed by atoms with Gasteiger partial charge in [0.2, 0.25) is 0 Å². The molecule has 0 rings (SSSR count). The zero-order valence-electron chi connectivity index (χ0n) is 17.3. The van der Waals surface area contributed by atoms with Gasteiger partial charge in [0.25, 0.3) is 0 Å². The zero-order chi connectivity index (χ0) is 19.8. The summed E-state index contributed by atoms with van der Waals surface area (Å²) in [4.78, 5) is 22.9. The van der Waals surface area contributed by atoms with Crippen LogP contribution >= 0.6 is 0 Å². The number of likely N-dealkylation sites (N-methyl/N-ethyl adjacent to an activating group) is 1. The molecule has 0 aromatic carbocycles. The Morgan fingerprint density at radius 1 is 0.962 bits per heavy atom. The van der Waals surface area contributed by atoms with Gasteiger partial charge >= 0.3 is 11.9 Å². The Morgan fingerprint density at radius 3 is 2.12 bits per heavy atom. The average molecular weight is 371 g/mol. The van der Waals surface area contributed by atoms with Crippen LogP contribution in [0.5, 0.6) is 0 Å². The van der Waals surface area contributed by atoms with Gasteiger partial charge in [0, 0.05) is 6.42 Å². The van der Waals surface area contributed by atoms with E-state index < -0.39 is 12.1 Å². The molecule has 0 aliphatic rings. The molecule has 1 N–H and O–H groups in total. The van der Waals surface area contributed by atoms with Crippen molar-refractivity contribution in [1.82, 2.24) is 0 Å². The van der Waals surface area contributed by atoms with E-state index >= 15 is 0 Å². The summed E-state index contributed by atoms with van der Waals surface area (Å²) in [7, 11) is 5.87. The second kappa shape index (κ2) is 14.8. The molecule has 0 bridgehead atoms. The molecule has 5 heteroatoms. The Bertz CT molecular complexity index is 413. The number of hydrogen-bond donors (Lipinski definition) is 1. The summed E-state index contributed by atoms with van der Waals surface area (Å²) in [5.41, 5.74) is 0. The van der Waals surface area contributed by atoms with Gasteiger partial charge in [-0.1, -0.05) is 51.2 Å². The number of unbranched alkanes of at least 4 members (excludes halogenated alkanes) is 7. The van der Waals surface area contributed by atoms with Crippen molar-refractivity contribution < 1.29 is 23.9 Å². The molecule has 0 saturated carbocycles.